The van der Waals surface area contributed by atoms with E-state index in [0.717, 1.165) is 61.5 Å². The number of anilines is 6. The molecule has 3 nitrogen and oxygen atoms in total. The monoisotopic (exact) mass is 860 g/mol. The van der Waals surface area contributed by atoms with Crippen molar-refractivity contribution in [2.45, 2.75) is 13.1 Å². The van der Waals surface area contributed by atoms with Gasteiger partial charge in [-0.1, -0.05) is 177 Å². The molecule has 1 aliphatic rings. The molecule has 0 spiro atoms. The summed E-state index contributed by atoms with van der Waals surface area (Å²) in [6.07, 6.45) is 0. The van der Waals surface area contributed by atoms with Crippen LogP contribution >= 0.6 is 0 Å². The minimum absolute atomic E-state index is 0.865. The third kappa shape index (κ3) is 5.82. The lowest BCUT2D eigenvalue weighted by molar-refractivity contribution is 0.669. The molecule has 0 fully saturated rings. The second-order valence-electron chi connectivity index (χ2n) is 18.0. The van der Waals surface area contributed by atoms with Crippen molar-refractivity contribution in [1.29, 1.82) is 0 Å². The SMILES string of the molecule is C[Si]1(C)c2cc(N(c3ccccc3)c3ccccc3)ccc2-c2cc3c4ccccc4c(N(c4ccccc4-c4ccccc4)c4cccc5c4oc4ccccc45)cc3c3cccc1c23. The largest absolute Gasteiger partial charge is 0.454 e. The van der Waals surface area contributed by atoms with E-state index in [1.807, 2.05) is 0 Å². The van der Waals surface area contributed by atoms with Gasteiger partial charge in [-0.25, -0.2) is 0 Å². The number of rotatable bonds is 7. The first-order valence-electron chi connectivity index (χ1n) is 22.8. The van der Waals surface area contributed by atoms with E-state index in [9.17, 15) is 0 Å². The molecule has 0 saturated heterocycles. The van der Waals surface area contributed by atoms with E-state index in [1.165, 1.54) is 59.5 Å². The minimum Gasteiger partial charge on any atom is -0.454 e. The average molecular weight is 861 g/mol. The van der Waals surface area contributed by atoms with Crippen LogP contribution in [0.25, 0.3) is 76.5 Å². The molecule has 0 amide bonds. The molecule has 0 unspecified atom stereocenters. The van der Waals surface area contributed by atoms with Gasteiger partial charge in [-0.3, -0.25) is 0 Å². The molecule has 2 heterocycles. The Bertz CT molecular complexity index is 3820. The molecule has 0 bridgehead atoms. The van der Waals surface area contributed by atoms with Crippen LogP contribution in [0.3, 0.4) is 0 Å². The quantitative estimate of drug-likeness (QED) is 0.118. The van der Waals surface area contributed by atoms with Crippen LogP contribution in [0.15, 0.2) is 235 Å². The number of para-hydroxylation sites is 5. The molecular formula is C62H44N2OSi. The summed E-state index contributed by atoms with van der Waals surface area (Å²) in [5.74, 6) is 0. The molecule has 0 radical (unpaired) electrons. The second kappa shape index (κ2) is 14.9. The highest BCUT2D eigenvalue weighted by atomic mass is 28.3. The lowest BCUT2D eigenvalue weighted by Crippen LogP contribution is -2.56. The summed E-state index contributed by atoms with van der Waals surface area (Å²) in [5, 5.41) is 12.7. The topological polar surface area (TPSA) is 19.6 Å². The Hall–Kier alpha value is -8.18. The van der Waals surface area contributed by atoms with Crippen molar-refractivity contribution in [3.05, 3.63) is 231 Å². The smallest absolute Gasteiger partial charge is 0.159 e. The van der Waals surface area contributed by atoms with E-state index in [4.69, 9.17) is 4.42 Å². The summed E-state index contributed by atoms with van der Waals surface area (Å²) in [4.78, 5) is 4.86. The van der Waals surface area contributed by atoms with E-state index in [0.29, 0.717) is 0 Å². The summed E-state index contributed by atoms with van der Waals surface area (Å²) in [5.41, 5.74) is 13.4. The fourth-order valence-corrected chi connectivity index (χ4v) is 14.1. The van der Waals surface area contributed by atoms with Crippen molar-refractivity contribution >= 4 is 107 Å². The predicted octanol–water partition coefficient (Wildman–Crippen LogP) is 16.5. The van der Waals surface area contributed by atoms with Crippen LogP contribution in [0.2, 0.25) is 13.1 Å². The van der Waals surface area contributed by atoms with Crippen LogP contribution in [-0.2, 0) is 0 Å². The summed E-state index contributed by atoms with van der Waals surface area (Å²) < 4.78 is 6.87. The van der Waals surface area contributed by atoms with Crippen molar-refractivity contribution in [1.82, 2.24) is 0 Å². The fraction of sp³-hybridized carbons (Fsp3) is 0.0323. The first kappa shape index (κ1) is 38.3. The molecule has 0 N–H and O–H groups in total. The van der Waals surface area contributed by atoms with Gasteiger partial charge in [0, 0.05) is 38.8 Å². The molecule has 1 aliphatic heterocycles. The van der Waals surface area contributed by atoms with Gasteiger partial charge in [0.05, 0.1) is 17.1 Å². The van der Waals surface area contributed by atoms with Gasteiger partial charge in [0.15, 0.2) is 5.58 Å². The molecule has 312 valence electrons. The van der Waals surface area contributed by atoms with Crippen LogP contribution in [0, 0.1) is 0 Å². The van der Waals surface area contributed by atoms with Crippen molar-refractivity contribution in [2.24, 2.45) is 0 Å². The normalized spacial score (nSPS) is 12.8. The van der Waals surface area contributed by atoms with Gasteiger partial charge in [-0.05, 0) is 121 Å². The third-order valence-corrected chi connectivity index (χ3v) is 17.5. The molecular weight excluding hydrogens is 817 g/mol. The maximum absolute atomic E-state index is 6.87. The van der Waals surface area contributed by atoms with Gasteiger partial charge >= 0.3 is 0 Å². The van der Waals surface area contributed by atoms with Crippen molar-refractivity contribution < 1.29 is 4.42 Å². The Balaban J connectivity index is 1.09. The summed E-state index contributed by atoms with van der Waals surface area (Å²) in [6, 6.07) is 84.3. The first-order valence-corrected chi connectivity index (χ1v) is 25.8. The highest BCUT2D eigenvalue weighted by molar-refractivity contribution is 7.03. The Labute approximate surface area is 385 Å². The molecule has 0 saturated carbocycles. The lowest BCUT2D eigenvalue weighted by Gasteiger charge is -2.36. The zero-order valence-electron chi connectivity index (χ0n) is 36.7. The maximum atomic E-state index is 6.87. The van der Waals surface area contributed by atoms with Crippen LogP contribution in [-0.4, -0.2) is 8.07 Å². The van der Waals surface area contributed by atoms with Gasteiger partial charge in [0.1, 0.15) is 13.7 Å². The minimum atomic E-state index is -2.26. The Kier molecular flexibility index (Phi) is 8.67. The molecule has 0 aliphatic carbocycles. The standard InChI is InChI=1S/C62H44N2OSi/c1-66(2)59-35-19-30-50-53-40-57(64(55-32-16-14-26-45(55)41-20-6-3-7-21-41)56-33-18-31-51-48-29-15-17-34-58(48)65-62(51)56)47-28-13-12-27-46(47)52(53)39-54(61(50)59)49-37-36-44(38-60(49)66)63(42-22-8-4-9-23-42)43-24-10-5-11-25-43/h3-40H,1-2H3. The van der Waals surface area contributed by atoms with Crippen molar-refractivity contribution in [3.8, 4) is 22.3 Å². The van der Waals surface area contributed by atoms with Crippen LogP contribution in [0.1, 0.15) is 0 Å². The average Bonchev–Trinajstić information content (AvgIpc) is 3.76. The fourth-order valence-electron chi connectivity index (χ4n) is 11.0. The highest BCUT2D eigenvalue weighted by Crippen LogP contribution is 2.50. The first-order chi connectivity index (χ1) is 32.5. The van der Waals surface area contributed by atoms with Crippen molar-refractivity contribution in [2.75, 3.05) is 9.80 Å². The summed E-state index contributed by atoms with van der Waals surface area (Å²) in [7, 11) is -2.26. The number of furan rings is 1. The van der Waals surface area contributed by atoms with Gasteiger partial charge in [0.2, 0.25) is 0 Å². The van der Waals surface area contributed by atoms with Crippen LogP contribution in [0.4, 0.5) is 34.1 Å². The Morgan fingerprint density at radius 1 is 0.333 bits per heavy atom. The van der Waals surface area contributed by atoms with E-state index in [-0.39, 0.29) is 0 Å². The molecule has 11 aromatic carbocycles. The number of hydrogen-bond donors (Lipinski definition) is 0. The number of benzene rings is 11. The van der Waals surface area contributed by atoms with Gasteiger partial charge < -0.3 is 14.2 Å². The van der Waals surface area contributed by atoms with E-state index >= 15 is 0 Å². The van der Waals surface area contributed by atoms with E-state index in [1.54, 1.807) is 0 Å². The van der Waals surface area contributed by atoms with E-state index < -0.39 is 8.07 Å². The maximum Gasteiger partial charge on any atom is 0.159 e. The van der Waals surface area contributed by atoms with Crippen molar-refractivity contribution in [3.63, 3.8) is 0 Å². The Morgan fingerprint density at radius 2 is 0.924 bits per heavy atom. The number of nitrogens with zero attached hydrogens (tertiary/aromatic N) is 2. The lowest BCUT2D eigenvalue weighted by atomic mass is 9.89. The van der Waals surface area contributed by atoms with Crippen LogP contribution in [0.5, 0.6) is 0 Å². The van der Waals surface area contributed by atoms with Gasteiger partial charge in [0.25, 0.3) is 0 Å². The summed E-state index contributed by atoms with van der Waals surface area (Å²) >= 11 is 0. The number of hydrogen-bond acceptors (Lipinski definition) is 3. The second-order valence-corrected chi connectivity index (χ2v) is 22.3. The Morgan fingerprint density at radius 3 is 1.70 bits per heavy atom. The van der Waals surface area contributed by atoms with Gasteiger partial charge in [-0.2, -0.15) is 0 Å². The van der Waals surface area contributed by atoms with Gasteiger partial charge in [-0.15, -0.1) is 0 Å². The number of fused-ring (bicyclic) bond motifs is 9. The zero-order chi connectivity index (χ0) is 43.9. The van der Waals surface area contributed by atoms with E-state index in [2.05, 4.69) is 253 Å². The highest BCUT2D eigenvalue weighted by Gasteiger charge is 2.37. The molecule has 0 atom stereocenters. The molecule has 66 heavy (non-hydrogen) atoms. The molecule has 12 aromatic rings. The predicted molar refractivity (Wildman–Crippen MR) is 283 cm³/mol. The third-order valence-electron chi connectivity index (χ3n) is 14.0. The molecule has 4 heteroatoms. The summed E-state index contributed by atoms with van der Waals surface area (Å²) in [6.45, 7) is 5.07. The molecule has 1 aromatic heterocycles. The molecule has 13 rings (SSSR count). The zero-order valence-corrected chi connectivity index (χ0v) is 37.7. The van der Waals surface area contributed by atoms with Crippen LogP contribution < -0.4 is 20.2 Å².